The van der Waals surface area contributed by atoms with Crippen molar-refractivity contribution in [2.45, 2.75) is 0 Å². The number of carbonyl (C=O) groups is 2. The molecule has 2 rings (SSSR count). The van der Waals surface area contributed by atoms with E-state index in [1.54, 1.807) is 0 Å². The highest BCUT2D eigenvalue weighted by atomic mass is 19.1. The Morgan fingerprint density at radius 1 is 1.21 bits per heavy atom. The van der Waals surface area contributed by atoms with Crippen LogP contribution in [0.3, 0.4) is 0 Å². The smallest absolute Gasteiger partial charge is 0.319 e. The number of hydrogen-bond donors (Lipinski definition) is 1. The number of aromatic nitrogens is 1. The van der Waals surface area contributed by atoms with Crippen LogP contribution in [0.5, 0.6) is 11.5 Å². The number of ether oxygens (including phenoxy) is 1. The normalized spacial score (nSPS) is 10.2. The molecule has 0 saturated heterocycles. The number of hydrogen-bond acceptors (Lipinski definition) is 3. The predicted molar refractivity (Wildman–Crippen MR) is 60.7 cm³/mol. The Morgan fingerprint density at radius 2 is 1.95 bits per heavy atom. The lowest BCUT2D eigenvalue weighted by Crippen LogP contribution is -2.27. The van der Waals surface area contributed by atoms with Gasteiger partial charge in [-0.1, -0.05) is 0 Å². The summed E-state index contributed by atoms with van der Waals surface area (Å²) < 4.78 is 32.2. The molecule has 19 heavy (non-hydrogen) atoms. The van der Waals surface area contributed by atoms with E-state index in [4.69, 9.17) is 10.5 Å². The van der Waals surface area contributed by atoms with Crippen LogP contribution in [0.1, 0.15) is 4.79 Å². The van der Waals surface area contributed by atoms with Gasteiger partial charge in [0, 0.05) is 12.3 Å². The minimum Gasteiger partial charge on any atom is -0.453 e. The van der Waals surface area contributed by atoms with Gasteiger partial charge >= 0.3 is 11.8 Å². The summed E-state index contributed by atoms with van der Waals surface area (Å²) in [5.74, 6) is -3.78. The fourth-order valence-electron chi connectivity index (χ4n) is 1.37. The van der Waals surface area contributed by atoms with Crippen molar-refractivity contribution in [2.24, 2.45) is 5.73 Å². The molecule has 1 aromatic heterocycles. The summed E-state index contributed by atoms with van der Waals surface area (Å²) >= 11 is 0. The Labute approximate surface area is 106 Å². The molecule has 0 unspecified atom stereocenters. The van der Waals surface area contributed by atoms with Gasteiger partial charge in [-0.15, -0.1) is 0 Å². The molecule has 7 heteroatoms. The molecule has 2 N–H and O–H groups in total. The van der Waals surface area contributed by atoms with E-state index in [1.807, 2.05) is 0 Å². The Bertz CT molecular complexity index is 652. The first-order chi connectivity index (χ1) is 8.97. The molecule has 0 atom stereocenters. The number of carbonyl (C=O) groups excluding carboxylic acids is 2. The maximum absolute atomic E-state index is 13.3. The monoisotopic (exact) mass is 266 g/mol. The number of primary amides is 1. The van der Waals surface area contributed by atoms with Gasteiger partial charge in [0.1, 0.15) is 11.6 Å². The zero-order chi connectivity index (χ0) is 14.0. The highest BCUT2D eigenvalue weighted by molar-refractivity contribution is 6.35. The van der Waals surface area contributed by atoms with Crippen LogP contribution in [0.15, 0.2) is 36.7 Å². The zero-order valence-electron chi connectivity index (χ0n) is 9.47. The molecule has 2 aromatic rings. The molecule has 0 fully saturated rings. The van der Waals surface area contributed by atoms with Crippen molar-refractivity contribution < 1.29 is 23.1 Å². The van der Waals surface area contributed by atoms with E-state index >= 15 is 0 Å². The van der Waals surface area contributed by atoms with Gasteiger partial charge in [0.15, 0.2) is 11.6 Å². The Balaban J connectivity index is 2.23. The maximum atomic E-state index is 13.3. The first-order valence-corrected chi connectivity index (χ1v) is 5.12. The van der Waals surface area contributed by atoms with E-state index in [-0.39, 0.29) is 11.5 Å². The van der Waals surface area contributed by atoms with E-state index in [9.17, 15) is 18.4 Å². The SMILES string of the molecule is NC(=O)C(=O)n1ccc(Oc2cc(F)ccc2F)c1. The number of nitrogens with zero attached hydrogens (tertiary/aromatic N) is 1. The molecule has 1 aromatic carbocycles. The van der Waals surface area contributed by atoms with Crippen LogP contribution in [0, 0.1) is 11.6 Å². The molecule has 0 aliphatic carbocycles. The van der Waals surface area contributed by atoms with Crippen molar-refractivity contribution >= 4 is 11.8 Å². The van der Waals surface area contributed by atoms with Gasteiger partial charge < -0.3 is 10.5 Å². The fourth-order valence-corrected chi connectivity index (χ4v) is 1.37. The van der Waals surface area contributed by atoms with Crippen LogP contribution in [0.4, 0.5) is 8.78 Å². The second-order valence-electron chi connectivity index (χ2n) is 3.60. The van der Waals surface area contributed by atoms with Crippen LogP contribution in [0.25, 0.3) is 0 Å². The molecule has 0 saturated carbocycles. The number of nitrogens with two attached hydrogens (primary N) is 1. The van der Waals surface area contributed by atoms with Gasteiger partial charge in [-0.25, -0.2) is 8.78 Å². The summed E-state index contributed by atoms with van der Waals surface area (Å²) in [6.45, 7) is 0. The van der Waals surface area contributed by atoms with Gasteiger partial charge in [0.05, 0.1) is 6.20 Å². The van der Waals surface area contributed by atoms with Crippen LogP contribution < -0.4 is 10.5 Å². The minimum atomic E-state index is -1.14. The van der Waals surface area contributed by atoms with Crippen molar-refractivity contribution in [1.82, 2.24) is 4.57 Å². The highest BCUT2D eigenvalue weighted by Crippen LogP contribution is 2.25. The summed E-state index contributed by atoms with van der Waals surface area (Å²) in [6, 6.07) is 4.04. The van der Waals surface area contributed by atoms with Crippen LogP contribution in [0.2, 0.25) is 0 Å². The zero-order valence-corrected chi connectivity index (χ0v) is 9.47. The number of rotatable bonds is 2. The third kappa shape index (κ3) is 2.76. The maximum Gasteiger partial charge on any atom is 0.319 e. The van der Waals surface area contributed by atoms with Crippen molar-refractivity contribution in [2.75, 3.05) is 0 Å². The molecule has 0 radical (unpaired) electrons. The van der Waals surface area contributed by atoms with Crippen molar-refractivity contribution in [1.29, 1.82) is 0 Å². The molecule has 0 bridgehead atoms. The lowest BCUT2D eigenvalue weighted by atomic mass is 10.3. The van der Waals surface area contributed by atoms with Gasteiger partial charge in [0.25, 0.3) is 0 Å². The minimum absolute atomic E-state index is 0.0686. The van der Waals surface area contributed by atoms with Crippen LogP contribution in [-0.4, -0.2) is 16.4 Å². The first kappa shape index (κ1) is 12.7. The first-order valence-electron chi connectivity index (χ1n) is 5.12. The molecule has 1 heterocycles. The molecule has 0 aliphatic rings. The average Bonchev–Trinajstić information content (AvgIpc) is 2.81. The Kier molecular flexibility index (Phi) is 3.28. The lowest BCUT2D eigenvalue weighted by Gasteiger charge is -2.04. The fraction of sp³-hybridized carbons (Fsp3) is 0. The predicted octanol–water partition coefficient (Wildman–Crippen LogP) is 1.68. The van der Waals surface area contributed by atoms with Gasteiger partial charge in [-0.05, 0) is 18.2 Å². The van der Waals surface area contributed by atoms with Gasteiger partial charge in [-0.2, -0.15) is 0 Å². The van der Waals surface area contributed by atoms with E-state index < -0.39 is 23.4 Å². The standard InChI is InChI=1S/C12H8F2N2O3/c13-7-1-2-9(14)10(5-7)19-8-3-4-16(6-8)12(18)11(15)17/h1-6H,(H2,15,17). The Hall–Kier alpha value is -2.70. The summed E-state index contributed by atoms with van der Waals surface area (Å²) in [4.78, 5) is 21.9. The summed E-state index contributed by atoms with van der Waals surface area (Å²) in [7, 11) is 0. The van der Waals surface area contributed by atoms with Gasteiger partial charge in [0.2, 0.25) is 0 Å². The number of halogens is 2. The van der Waals surface area contributed by atoms with Crippen LogP contribution in [-0.2, 0) is 4.79 Å². The average molecular weight is 266 g/mol. The van der Waals surface area contributed by atoms with Crippen molar-refractivity contribution in [3.63, 3.8) is 0 Å². The summed E-state index contributed by atoms with van der Waals surface area (Å²) in [5.41, 5.74) is 4.81. The molecular formula is C12H8F2N2O3. The molecule has 0 aliphatic heterocycles. The van der Waals surface area contributed by atoms with E-state index in [1.165, 1.54) is 12.3 Å². The van der Waals surface area contributed by atoms with E-state index in [2.05, 4.69) is 0 Å². The number of benzene rings is 1. The molecule has 1 amide bonds. The highest BCUT2D eigenvalue weighted by Gasteiger charge is 2.13. The second kappa shape index (κ2) is 4.89. The summed E-state index contributed by atoms with van der Waals surface area (Å²) in [5, 5.41) is 0. The molecule has 0 spiro atoms. The number of amides is 1. The second-order valence-corrected chi connectivity index (χ2v) is 3.60. The van der Waals surface area contributed by atoms with Crippen molar-refractivity contribution in [3.05, 3.63) is 48.3 Å². The largest absolute Gasteiger partial charge is 0.453 e. The van der Waals surface area contributed by atoms with Crippen molar-refractivity contribution in [3.8, 4) is 11.5 Å². The van der Waals surface area contributed by atoms with Crippen LogP contribution >= 0.6 is 0 Å². The third-order valence-electron chi connectivity index (χ3n) is 2.23. The molecular weight excluding hydrogens is 258 g/mol. The summed E-state index contributed by atoms with van der Waals surface area (Å²) in [6.07, 6.45) is 2.36. The Morgan fingerprint density at radius 3 is 2.63 bits per heavy atom. The quantitative estimate of drug-likeness (QED) is 0.840. The topological polar surface area (TPSA) is 74.3 Å². The molecule has 5 nitrogen and oxygen atoms in total. The molecule has 98 valence electrons. The lowest BCUT2D eigenvalue weighted by molar-refractivity contribution is -0.114. The van der Waals surface area contributed by atoms with E-state index in [0.717, 1.165) is 29.0 Å². The van der Waals surface area contributed by atoms with E-state index in [0.29, 0.717) is 0 Å². The van der Waals surface area contributed by atoms with Gasteiger partial charge in [-0.3, -0.25) is 14.2 Å². The third-order valence-corrected chi connectivity index (χ3v) is 2.23.